The van der Waals surface area contributed by atoms with E-state index >= 15 is 0 Å². The molecule has 3 nitrogen and oxygen atoms in total. The molecule has 0 radical (unpaired) electrons. The Morgan fingerprint density at radius 2 is 1.39 bits per heavy atom. The standard InChI is InChI=1S/C24H24O3S/c1-17-5-9-20(10-6-17)27-23(15-18-7-11-19(25-2)12-8-18)22-14-13-21(26-3)16-24(22)28-4/h5-16H,1-4H3/b23-15-. The zero-order valence-corrected chi connectivity index (χ0v) is 17.4. The highest BCUT2D eigenvalue weighted by Crippen LogP contribution is 2.33. The monoisotopic (exact) mass is 392 g/mol. The van der Waals surface area contributed by atoms with Crippen molar-refractivity contribution in [3.05, 3.63) is 83.4 Å². The van der Waals surface area contributed by atoms with Crippen LogP contribution in [0.1, 0.15) is 16.7 Å². The molecule has 0 N–H and O–H groups in total. The van der Waals surface area contributed by atoms with Crippen molar-refractivity contribution in [1.29, 1.82) is 0 Å². The summed E-state index contributed by atoms with van der Waals surface area (Å²) in [7, 11) is 3.34. The molecule has 3 rings (SSSR count). The molecule has 144 valence electrons. The quantitative estimate of drug-likeness (QED) is 0.267. The van der Waals surface area contributed by atoms with Crippen LogP contribution in [0.15, 0.2) is 71.6 Å². The first kappa shape index (κ1) is 19.9. The topological polar surface area (TPSA) is 27.7 Å². The molecule has 0 aliphatic heterocycles. The maximum absolute atomic E-state index is 6.31. The van der Waals surface area contributed by atoms with Crippen LogP contribution in [0.25, 0.3) is 11.8 Å². The van der Waals surface area contributed by atoms with Crippen molar-refractivity contribution in [3.8, 4) is 17.2 Å². The number of thioether (sulfide) groups is 1. The molecule has 4 heteroatoms. The number of methoxy groups -OCH3 is 2. The molecule has 0 spiro atoms. The van der Waals surface area contributed by atoms with E-state index < -0.39 is 0 Å². The molecule has 28 heavy (non-hydrogen) atoms. The molecule has 0 aliphatic rings. The summed E-state index contributed by atoms with van der Waals surface area (Å²) >= 11 is 1.66. The fourth-order valence-electron chi connectivity index (χ4n) is 2.75. The lowest BCUT2D eigenvalue weighted by molar-refractivity contribution is 0.413. The zero-order chi connectivity index (χ0) is 19.9. The Balaban J connectivity index is 2.05. The van der Waals surface area contributed by atoms with E-state index in [1.165, 1.54) is 5.56 Å². The lowest BCUT2D eigenvalue weighted by Crippen LogP contribution is -1.98. The van der Waals surface area contributed by atoms with Crippen LogP contribution in [-0.2, 0) is 0 Å². The van der Waals surface area contributed by atoms with Crippen molar-refractivity contribution in [3.63, 3.8) is 0 Å². The van der Waals surface area contributed by atoms with E-state index in [4.69, 9.17) is 14.2 Å². The minimum atomic E-state index is 0.779. The van der Waals surface area contributed by atoms with Gasteiger partial charge in [-0.3, -0.25) is 0 Å². The number of hydrogen-bond donors (Lipinski definition) is 0. The van der Waals surface area contributed by atoms with Crippen molar-refractivity contribution in [1.82, 2.24) is 0 Å². The second kappa shape index (κ2) is 9.38. The summed E-state index contributed by atoms with van der Waals surface area (Å²) in [5, 5.41) is 0. The molecule has 0 heterocycles. The van der Waals surface area contributed by atoms with Gasteiger partial charge >= 0.3 is 0 Å². The summed E-state index contributed by atoms with van der Waals surface area (Å²) in [5.41, 5.74) is 3.25. The van der Waals surface area contributed by atoms with Gasteiger partial charge in [0.25, 0.3) is 0 Å². The highest BCUT2D eigenvalue weighted by atomic mass is 32.2. The van der Waals surface area contributed by atoms with Crippen LogP contribution < -0.4 is 14.2 Å². The molecule has 0 aliphatic carbocycles. The van der Waals surface area contributed by atoms with Gasteiger partial charge in [-0.2, -0.15) is 0 Å². The van der Waals surface area contributed by atoms with Gasteiger partial charge in [-0.15, -0.1) is 11.8 Å². The summed E-state index contributed by atoms with van der Waals surface area (Å²) in [6, 6.07) is 22.0. The van der Waals surface area contributed by atoms with E-state index in [2.05, 4.69) is 13.2 Å². The smallest absolute Gasteiger partial charge is 0.136 e. The minimum Gasteiger partial charge on any atom is -0.497 e. The predicted molar refractivity (Wildman–Crippen MR) is 117 cm³/mol. The number of rotatable bonds is 7. The third-order valence-electron chi connectivity index (χ3n) is 4.34. The number of benzene rings is 3. The predicted octanol–water partition coefficient (Wildman–Crippen LogP) is 6.31. The Kier molecular flexibility index (Phi) is 6.66. The molecule has 0 unspecified atom stereocenters. The molecule has 3 aromatic carbocycles. The van der Waals surface area contributed by atoms with E-state index in [9.17, 15) is 0 Å². The van der Waals surface area contributed by atoms with Crippen molar-refractivity contribution >= 4 is 23.6 Å². The second-order valence-corrected chi connectivity index (χ2v) is 7.11. The fourth-order valence-corrected chi connectivity index (χ4v) is 3.37. The Hall–Kier alpha value is -2.85. The first-order valence-corrected chi connectivity index (χ1v) is 10.2. The van der Waals surface area contributed by atoms with Gasteiger partial charge in [0.05, 0.1) is 14.2 Å². The van der Waals surface area contributed by atoms with Gasteiger partial charge in [0.1, 0.15) is 23.0 Å². The maximum atomic E-state index is 6.31. The SMILES string of the molecule is COc1ccc(/C=C(\Oc2ccc(C)cc2)c2ccc(OC)cc2SC)cc1. The van der Waals surface area contributed by atoms with Gasteiger partial charge in [-0.1, -0.05) is 29.8 Å². The second-order valence-electron chi connectivity index (χ2n) is 6.26. The largest absolute Gasteiger partial charge is 0.497 e. The van der Waals surface area contributed by atoms with E-state index in [-0.39, 0.29) is 0 Å². The minimum absolute atomic E-state index is 0.779. The molecule has 0 atom stereocenters. The van der Waals surface area contributed by atoms with Gasteiger partial charge in [0.15, 0.2) is 0 Å². The lowest BCUT2D eigenvalue weighted by Gasteiger charge is -2.15. The number of ether oxygens (including phenoxy) is 3. The van der Waals surface area contributed by atoms with E-state index in [1.807, 2.05) is 72.8 Å². The fraction of sp³-hybridized carbons (Fsp3) is 0.167. The Morgan fingerprint density at radius 3 is 2.00 bits per heavy atom. The van der Waals surface area contributed by atoms with Crippen LogP contribution in [-0.4, -0.2) is 20.5 Å². The average Bonchev–Trinajstić information content (AvgIpc) is 2.74. The molecule has 0 fully saturated rings. The van der Waals surface area contributed by atoms with E-state index in [1.54, 1.807) is 26.0 Å². The molecule has 0 saturated heterocycles. The first-order valence-electron chi connectivity index (χ1n) is 8.95. The Bertz CT molecular complexity index is 945. The Morgan fingerprint density at radius 1 is 0.786 bits per heavy atom. The molecule has 0 saturated carbocycles. The number of hydrogen-bond acceptors (Lipinski definition) is 4. The summed E-state index contributed by atoms with van der Waals surface area (Å²) < 4.78 is 16.9. The zero-order valence-electron chi connectivity index (χ0n) is 16.6. The molecule has 0 bridgehead atoms. The van der Waals surface area contributed by atoms with Crippen LogP contribution in [0, 0.1) is 6.92 Å². The van der Waals surface area contributed by atoms with Gasteiger partial charge in [-0.25, -0.2) is 0 Å². The van der Waals surface area contributed by atoms with Crippen LogP contribution >= 0.6 is 11.8 Å². The third-order valence-corrected chi connectivity index (χ3v) is 5.11. The van der Waals surface area contributed by atoms with Crippen molar-refractivity contribution in [2.45, 2.75) is 11.8 Å². The molecule has 0 amide bonds. The van der Waals surface area contributed by atoms with E-state index in [0.29, 0.717) is 0 Å². The first-order chi connectivity index (χ1) is 13.6. The third kappa shape index (κ3) is 4.90. The normalized spacial score (nSPS) is 11.2. The van der Waals surface area contributed by atoms with Crippen LogP contribution in [0.4, 0.5) is 0 Å². The summed E-state index contributed by atoms with van der Waals surface area (Å²) in [6.07, 6.45) is 4.09. The van der Waals surface area contributed by atoms with E-state index in [0.717, 1.165) is 39.0 Å². The Labute approximate surface area is 171 Å². The van der Waals surface area contributed by atoms with Crippen LogP contribution in [0.3, 0.4) is 0 Å². The molecular weight excluding hydrogens is 368 g/mol. The van der Waals surface area contributed by atoms with Crippen LogP contribution in [0.5, 0.6) is 17.2 Å². The van der Waals surface area contributed by atoms with Gasteiger partial charge < -0.3 is 14.2 Å². The molecule has 0 aromatic heterocycles. The van der Waals surface area contributed by atoms with Crippen molar-refractivity contribution < 1.29 is 14.2 Å². The maximum Gasteiger partial charge on any atom is 0.136 e. The summed E-state index contributed by atoms with van der Waals surface area (Å²) in [6.45, 7) is 2.06. The number of aryl methyl sites for hydroxylation is 1. The van der Waals surface area contributed by atoms with Gasteiger partial charge in [0.2, 0.25) is 0 Å². The highest BCUT2D eigenvalue weighted by molar-refractivity contribution is 7.98. The van der Waals surface area contributed by atoms with Gasteiger partial charge in [0, 0.05) is 10.5 Å². The highest BCUT2D eigenvalue weighted by Gasteiger charge is 2.12. The lowest BCUT2D eigenvalue weighted by atomic mass is 10.1. The van der Waals surface area contributed by atoms with Crippen molar-refractivity contribution in [2.75, 3.05) is 20.5 Å². The van der Waals surface area contributed by atoms with Gasteiger partial charge in [-0.05, 0) is 67.3 Å². The summed E-state index contributed by atoms with van der Waals surface area (Å²) in [4.78, 5) is 1.09. The van der Waals surface area contributed by atoms with Crippen LogP contribution in [0.2, 0.25) is 0 Å². The van der Waals surface area contributed by atoms with Crippen molar-refractivity contribution in [2.24, 2.45) is 0 Å². The molecular formula is C24H24O3S. The molecule has 3 aromatic rings. The average molecular weight is 393 g/mol. The summed E-state index contributed by atoms with van der Waals surface area (Å²) in [5.74, 6) is 3.23.